The smallest absolute Gasteiger partial charge is 0.324 e. The fourth-order valence-electron chi connectivity index (χ4n) is 2.64. The molecule has 0 N–H and O–H groups in total. The van der Waals surface area contributed by atoms with E-state index in [9.17, 15) is 14.4 Å². The maximum atomic E-state index is 12.5. The molecule has 7 heteroatoms. The summed E-state index contributed by atoms with van der Waals surface area (Å²) in [5.74, 6) is -2.14. The molecule has 0 radical (unpaired) electrons. The number of carbonyl (C=O) groups is 3. The third-order valence-corrected chi connectivity index (χ3v) is 3.81. The van der Waals surface area contributed by atoms with Crippen LogP contribution in [0.1, 0.15) is 31.1 Å². The van der Waals surface area contributed by atoms with Gasteiger partial charge in [0, 0.05) is 12.4 Å². The van der Waals surface area contributed by atoms with Gasteiger partial charge in [-0.15, -0.1) is 0 Å². The fourth-order valence-corrected chi connectivity index (χ4v) is 2.64. The second-order valence-electron chi connectivity index (χ2n) is 5.30. The first kappa shape index (κ1) is 14.8. The Kier molecular flexibility index (Phi) is 3.39. The molecule has 1 aliphatic rings. The molecule has 0 bridgehead atoms. The Balaban J connectivity index is 1.65. The number of amides is 2. The van der Waals surface area contributed by atoms with E-state index in [0.717, 1.165) is 0 Å². The van der Waals surface area contributed by atoms with Gasteiger partial charge >= 0.3 is 5.97 Å². The first-order chi connectivity index (χ1) is 12.2. The predicted octanol–water partition coefficient (Wildman–Crippen LogP) is 2.24. The van der Waals surface area contributed by atoms with Crippen molar-refractivity contribution in [3.05, 3.63) is 83.7 Å². The van der Waals surface area contributed by atoms with Crippen LogP contribution in [0.2, 0.25) is 0 Å². The highest BCUT2D eigenvalue weighted by molar-refractivity contribution is 6.21. The van der Waals surface area contributed by atoms with Crippen LogP contribution < -0.4 is 0 Å². The zero-order valence-electron chi connectivity index (χ0n) is 12.8. The van der Waals surface area contributed by atoms with Gasteiger partial charge in [0.1, 0.15) is 0 Å². The molecule has 3 aromatic rings. The van der Waals surface area contributed by atoms with Gasteiger partial charge in [0.05, 0.1) is 22.4 Å². The number of hydrogen-bond donors (Lipinski definition) is 0. The molecule has 25 heavy (non-hydrogen) atoms. The standard InChI is InChI=1S/C18H11N3O4/c22-16-12-6-1-2-7-13(12)17(23)21(16)25-18(24)14-8-3-4-9-15(14)20-11-5-10-19-20/h1-11H. The molecule has 122 valence electrons. The summed E-state index contributed by atoms with van der Waals surface area (Å²) in [6.45, 7) is 0. The molecule has 0 aliphatic carbocycles. The molecule has 7 nitrogen and oxygen atoms in total. The van der Waals surface area contributed by atoms with Gasteiger partial charge in [-0.2, -0.15) is 5.10 Å². The molecule has 4 rings (SSSR count). The molecule has 0 atom stereocenters. The summed E-state index contributed by atoms with van der Waals surface area (Å²) in [7, 11) is 0. The number of fused-ring (bicyclic) bond motifs is 1. The van der Waals surface area contributed by atoms with Crippen molar-refractivity contribution in [3.63, 3.8) is 0 Å². The van der Waals surface area contributed by atoms with Crippen LogP contribution in [0.15, 0.2) is 67.0 Å². The van der Waals surface area contributed by atoms with Crippen molar-refractivity contribution in [2.45, 2.75) is 0 Å². The SMILES string of the molecule is O=C(ON1C(=O)c2ccccc2C1=O)c1ccccc1-n1cccn1. The van der Waals surface area contributed by atoms with E-state index in [-0.39, 0.29) is 16.7 Å². The highest BCUT2D eigenvalue weighted by Gasteiger charge is 2.39. The summed E-state index contributed by atoms with van der Waals surface area (Å²) in [4.78, 5) is 42.2. The summed E-state index contributed by atoms with van der Waals surface area (Å²) < 4.78 is 1.50. The molecule has 0 saturated carbocycles. The lowest BCUT2D eigenvalue weighted by molar-refractivity contribution is -0.0584. The van der Waals surface area contributed by atoms with Crippen LogP contribution in [0.3, 0.4) is 0 Å². The second kappa shape index (κ2) is 5.72. The lowest BCUT2D eigenvalue weighted by Crippen LogP contribution is -2.33. The Hall–Kier alpha value is -3.74. The number of hydrogen-bond acceptors (Lipinski definition) is 5. The third-order valence-electron chi connectivity index (χ3n) is 3.81. The largest absolute Gasteiger partial charge is 0.366 e. The average molecular weight is 333 g/mol. The van der Waals surface area contributed by atoms with E-state index < -0.39 is 17.8 Å². The maximum absolute atomic E-state index is 12.5. The van der Waals surface area contributed by atoms with Crippen LogP contribution in [-0.2, 0) is 4.84 Å². The zero-order valence-corrected chi connectivity index (χ0v) is 12.8. The number of rotatable bonds is 3. The van der Waals surface area contributed by atoms with Crippen LogP contribution in [0.5, 0.6) is 0 Å². The van der Waals surface area contributed by atoms with Gasteiger partial charge in [0.2, 0.25) is 0 Å². The number of carbonyl (C=O) groups excluding carboxylic acids is 3. The lowest BCUT2D eigenvalue weighted by Gasteiger charge is -2.14. The van der Waals surface area contributed by atoms with Gasteiger partial charge in [-0.3, -0.25) is 9.59 Å². The molecule has 1 aromatic heterocycles. The Labute approximate surface area is 142 Å². The topological polar surface area (TPSA) is 81.5 Å². The minimum absolute atomic E-state index is 0.183. The zero-order chi connectivity index (χ0) is 17.4. The maximum Gasteiger partial charge on any atom is 0.366 e. The van der Waals surface area contributed by atoms with Gasteiger partial charge in [-0.1, -0.05) is 29.3 Å². The van der Waals surface area contributed by atoms with E-state index >= 15 is 0 Å². The first-order valence-corrected chi connectivity index (χ1v) is 7.46. The fraction of sp³-hybridized carbons (Fsp3) is 0. The van der Waals surface area contributed by atoms with Crippen LogP contribution >= 0.6 is 0 Å². The van der Waals surface area contributed by atoms with Crippen molar-refractivity contribution in [1.82, 2.24) is 14.8 Å². The monoisotopic (exact) mass is 333 g/mol. The van der Waals surface area contributed by atoms with Crippen molar-refractivity contribution in [1.29, 1.82) is 0 Å². The molecule has 2 heterocycles. The summed E-state index contributed by atoms with van der Waals surface area (Å²) in [6.07, 6.45) is 3.25. The summed E-state index contributed by atoms with van der Waals surface area (Å²) in [6, 6.07) is 14.7. The van der Waals surface area contributed by atoms with E-state index in [4.69, 9.17) is 4.84 Å². The summed E-state index contributed by atoms with van der Waals surface area (Å²) in [5, 5.41) is 4.58. The molecule has 2 aromatic carbocycles. The molecule has 1 aliphatic heterocycles. The molecule has 2 amide bonds. The number of para-hydroxylation sites is 1. The van der Waals surface area contributed by atoms with Crippen LogP contribution in [0, 0.1) is 0 Å². The number of aromatic nitrogens is 2. The van der Waals surface area contributed by atoms with Crippen molar-refractivity contribution in [2.24, 2.45) is 0 Å². The Morgan fingerprint density at radius 3 is 2.16 bits per heavy atom. The highest BCUT2D eigenvalue weighted by atomic mass is 16.7. The number of imide groups is 1. The Morgan fingerprint density at radius 1 is 0.880 bits per heavy atom. The van der Waals surface area contributed by atoms with Crippen molar-refractivity contribution >= 4 is 17.8 Å². The van der Waals surface area contributed by atoms with Crippen LogP contribution in [-0.4, -0.2) is 32.6 Å². The van der Waals surface area contributed by atoms with Gasteiger partial charge in [0.25, 0.3) is 11.8 Å². The van der Waals surface area contributed by atoms with Gasteiger partial charge in [0.15, 0.2) is 0 Å². The van der Waals surface area contributed by atoms with Crippen molar-refractivity contribution < 1.29 is 19.2 Å². The van der Waals surface area contributed by atoms with Gasteiger partial charge < -0.3 is 4.84 Å². The molecule has 0 saturated heterocycles. The Morgan fingerprint density at radius 2 is 1.52 bits per heavy atom. The normalized spacial score (nSPS) is 13.0. The van der Waals surface area contributed by atoms with E-state index in [1.165, 1.54) is 22.9 Å². The molecule has 0 spiro atoms. The molecular formula is C18H11N3O4. The third kappa shape index (κ3) is 2.38. The number of hydroxylamine groups is 2. The minimum Gasteiger partial charge on any atom is -0.324 e. The average Bonchev–Trinajstić information content (AvgIpc) is 3.26. The van der Waals surface area contributed by atoms with Crippen molar-refractivity contribution in [3.8, 4) is 5.69 Å². The van der Waals surface area contributed by atoms with E-state index in [0.29, 0.717) is 10.8 Å². The summed E-state index contributed by atoms with van der Waals surface area (Å²) >= 11 is 0. The molecular weight excluding hydrogens is 322 g/mol. The number of nitrogens with zero attached hydrogens (tertiary/aromatic N) is 3. The van der Waals surface area contributed by atoms with Crippen LogP contribution in [0.4, 0.5) is 0 Å². The van der Waals surface area contributed by atoms with Crippen LogP contribution in [0.25, 0.3) is 5.69 Å². The molecule has 0 fully saturated rings. The Bertz CT molecular complexity index is 960. The number of benzene rings is 2. The second-order valence-corrected chi connectivity index (χ2v) is 5.30. The van der Waals surface area contributed by atoms with Gasteiger partial charge in [-0.05, 0) is 30.3 Å². The quantitative estimate of drug-likeness (QED) is 0.687. The molecule has 0 unspecified atom stereocenters. The van der Waals surface area contributed by atoms with Crippen molar-refractivity contribution in [2.75, 3.05) is 0 Å². The van der Waals surface area contributed by atoms with E-state index in [1.807, 2.05) is 0 Å². The van der Waals surface area contributed by atoms with E-state index in [1.54, 1.807) is 48.8 Å². The van der Waals surface area contributed by atoms with E-state index in [2.05, 4.69) is 5.10 Å². The summed E-state index contributed by atoms with van der Waals surface area (Å²) in [5.41, 5.74) is 1.08. The minimum atomic E-state index is -0.819. The highest BCUT2D eigenvalue weighted by Crippen LogP contribution is 2.24. The van der Waals surface area contributed by atoms with Gasteiger partial charge in [-0.25, -0.2) is 9.48 Å². The predicted molar refractivity (Wildman–Crippen MR) is 85.9 cm³/mol. The first-order valence-electron chi connectivity index (χ1n) is 7.46. The lowest BCUT2D eigenvalue weighted by atomic mass is 10.1.